The van der Waals surface area contributed by atoms with Gasteiger partial charge in [0.05, 0.1) is 16.7 Å². The maximum absolute atomic E-state index is 2.48. The van der Waals surface area contributed by atoms with E-state index in [4.69, 9.17) is 0 Å². The van der Waals surface area contributed by atoms with Crippen LogP contribution in [-0.4, -0.2) is 4.57 Å². The van der Waals surface area contributed by atoms with Crippen molar-refractivity contribution in [1.82, 2.24) is 4.57 Å². The molecule has 0 N–H and O–H groups in total. The predicted molar refractivity (Wildman–Crippen MR) is 259 cm³/mol. The first kappa shape index (κ1) is 34.6. The van der Waals surface area contributed by atoms with Gasteiger partial charge in [0.25, 0.3) is 0 Å². The van der Waals surface area contributed by atoms with Gasteiger partial charge in [0.1, 0.15) is 0 Å². The Hall–Kier alpha value is -7.42. The van der Waals surface area contributed by atoms with E-state index in [-0.39, 0.29) is 5.41 Å². The number of benzene rings is 11. The van der Waals surface area contributed by atoms with Gasteiger partial charge in [0.15, 0.2) is 0 Å². The van der Waals surface area contributed by atoms with Crippen molar-refractivity contribution in [2.75, 3.05) is 4.90 Å². The highest BCUT2D eigenvalue weighted by Crippen LogP contribution is 2.47. The summed E-state index contributed by atoms with van der Waals surface area (Å²) >= 11 is 0. The van der Waals surface area contributed by atoms with Gasteiger partial charge in [-0.3, -0.25) is 0 Å². The molecule has 12 rings (SSSR count). The Morgan fingerprint density at radius 2 is 0.767 bits per heavy atom. The van der Waals surface area contributed by atoms with Gasteiger partial charge in [0.2, 0.25) is 0 Å². The van der Waals surface area contributed by atoms with E-state index in [2.05, 4.69) is 230 Å². The average Bonchev–Trinajstić information content (AvgIpc) is 3.63. The molecule has 0 bridgehead atoms. The molecule has 0 radical (unpaired) electrons. The summed E-state index contributed by atoms with van der Waals surface area (Å²) in [5, 5.41) is 17.7. The second-order valence-corrected chi connectivity index (χ2v) is 17.3. The number of aromatic nitrogens is 1. The monoisotopic (exact) mass is 766 g/mol. The van der Waals surface area contributed by atoms with Gasteiger partial charge in [-0.15, -0.1) is 0 Å². The first-order valence-electron chi connectivity index (χ1n) is 21.0. The smallest absolute Gasteiger partial charge is 0.0561 e. The lowest BCUT2D eigenvalue weighted by molar-refractivity contribution is 0.590. The molecule has 2 nitrogen and oxygen atoms in total. The highest BCUT2D eigenvalue weighted by Gasteiger charge is 2.22. The van der Waals surface area contributed by atoms with Crippen LogP contribution >= 0.6 is 0 Å². The molecule has 0 spiro atoms. The van der Waals surface area contributed by atoms with Crippen LogP contribution in [0.1, 0.15) is 26.3 Å². The number of hydrogen-bond donors (Lipinski definition) is 0. The van der Waals surface area contributed by atoms with Gasteiger partial charge in [-0.1, -0.05) is 172 Å². The van der Waals surface area contributed by atoms with Crippen molar-refractivity contribution in [3.8, 4) is 5.69 Å². The van der Waals surface area contributed by atoms with E-state index in [0.717, 1.165) is 22.7 Å². The van der Waals surface area contributed by atoms with Gasteiger partial charge in [-0.05, 0) is 119 Å². The third-order valence-corrected chi connectivity index (χ3v) is 12.9. The van der Waals surface area contributed by atoms with E-state index in [1.165, 1.54) is 92.0 Å². The van der Waals surface area contributed by atoms with Crippen molar-refractivity contribution in [3.63, 3.8) is 0 Å². The lowest BCUT2D eigenvalue weighted by Gasteiger charge is -2.29. The molecule has 12 aromatic rings. The fourth-order valence-corrected chi connectivity index (χ4v) is 10.1. The quantitative estimate of drug-likeness (QED) is 0.162. The van der Waals surface area contributed by atoms with Crippen LogP contribution < -0.4 is 4.90 Å². The summed E-state index contributed by atoms with van der Waals surface area (Å²) in [4.78, 5) is 2.48. The van der Waals surface area contributed by atoms with Crippen LogP contribution in [0.3, 0.4) is 0 Å². The Labute approximate surface area is 349 Å². The molecule has 0 fully saturated rings. The number of rotatable bonds is 4. The van der Waals surface area contributed by atoms with E-state index in [1.54, 1.807) is 0 Å². The molecule has 1 heterocycles. The maximum Gasteiger partial charge on any atom is 0.0561 e. The number of nitrogens with zero attached hydrogens (tertiary/aromatic N) is 2. The Bertz CT molecular complexity index is 3610. The van der Waals surface area contributed by atoms with Gasteiger partial charge in [0, 0.05) is 33.2 Å². The summed E-state index contributed by atoms with van der Waals surface area (Å²) in [6.07, 6.45) is 0. The second kappa shape index (κ2) is 13.0. The molecule has 60 heavy (non-hydrogen) atoms. The zero-order chi connectivity index (χ0) is 40.1. The molecule has 284 valence electrons. The largest absolute Gasteiger partial charge is 0.310 e. The molecule has 0 aliphatic carbocycles. The van der Waals surface area contributed by atoms with Crippen LogP contribution in [0.5, 0.6) is 0 Å². The Kier molecular flexibility index (Phi) is 7.52. The number of anilines is 3. The lowest BCUT2D eigenvalue weighted by atomic mass is 9.87. The van der Waals surface area contributed by atoms with Crippen LogP contribution in [-0.2, 0) is 5.41 Å². The molecule has 0 saturated carbocycles. The zero-order valence-corrected chi connectivity index (χ0v) is 33.9. The minimum absolute atomic E-state index is 0.0369. The van der Waals surface area contributed by atoms with Gasteiger partial charge in [-0.25, -0.2) is 0 Å². The lowest BCUT2D eigenvalue weighted by Crippen LogP contribution is -2.13. The fourth-order valence-electron chi connectivity index (χ4n) is 10.1. The molecule has 0 unspecified atom stereocenters. The first-order chi connectivity index (χ1) is 29.4. The Balaban J connectivity index is 1.16. The third-order valence-electron chi connectivity index (χ3n) is 12.9. The Morgan fingerprint density at radius 3 is 1.35 bits per heavy atom. The normalized spacial score (nSPS) is 12.2. The highest BCUT2D eigenvalue weighted by atomic mass is 15.1. The third kappa shape index (κ3) is 5.14. The van der Waals surface area contributed by atoms with E-state index in [9.17, 15) is 0 Å². The molecule has 0 amide bonds. The standard InChI is InChI=1S/C58H42N2/c1-58(2,3)37-27-29-38(30-28-37)59(55-26-14-24-52-46-19-8-6-18-44(46)45-20-10-11-23-51(45)57(52)55)40-32-34-50-49-22-12-13-25-54(49)60(56(50)36-40)39-31-33-48-43-17-5-4-15-41(43)42-16-7-9-21-47(42)53(48)35-39/h4-36H,1-3H3. The molecule has 0 saturated heterocycles. The summed E-state index contributed by atoms with van der Waals surface area (Å²) in [6, 6.07) is 74.5. The van der Waals surface area contributed by atoms with Crippen LogP contribution in [0, 0.1) is 0 Å². The maximum atomic E-state index is 2.48. The number of hydrogen-bond acceptors (Lipinski definition) is 1. The van der Waals surface area contributed by atoms with E-state index >= 15 is 0 Å². The van der Waals surface area contributed by atoms with Crippen molar-refractivity contribution in [3.05, 3.63) is 206 Å². The van der Waals surface area contributed by atoms with E-state index < -0.39 is 0 Å². The van der Waals surface area contributed by atoms with Crippen LogP contribution in [0.4, 0.5) is 17.1 Å². The summed E-state index contributed by atoms with van der Waals surface area (Å²) in [6.45, 7) is 6.85. The van der Waals surface area contributed by atoms with Crippen LogP contribution in [0.2, 0.25) is 0 Å². The molecular weight excluding hydrogens is 725 g/mol. The predicted octanol–water partition coefficient (Wildman–Crippen LogP) is 16.5. The topological polar surface area (TPSA) is 8.17 Å². The molecule has 0 aliphatic heterocycles. The molecule has 1 aromatic heterocycles. The zero-order valence-electron chi connectivity index (χ0n) is 33.9. The van der Waals surface area contributed by atoms with Crippen LogP contribution in [0.25, 0.3) is 92.1 Å². The van der Waals surface area contributed by atoms with E-state index in [0.29, 0.717) is 0 Å². The molecular formula is C58H42N2. The molecule has 0 atom stereocenters. The molecule has 11 aromatic carbocycles. The molecule has 0 aliphatic rings. The van der Waals surface area contributed by atoms with Gasteiger partial charge < -0.3 is 9.47 Å². The van der Waals surface area contributed by atoms with Crippen molar-refractivity contribution in [2.24, 2.45) is 0 Å². The summed E-state index contributed by atoms with van der Waals surface area (Å²) < 4.78 is 2.48. The Morgan fingerprint density at radius 1 is 0.333 bits per heavy atom. The van der Waals surface area contributed by atoms with Crippen LogP contribution in [0.15, 0.2) is 200 Å². The minimum atomic E-state index is 0.0369. The summed E-state index contributed by atoms with van der Waals surface area (Å²) in [7, 11) is 0. The number of para-hydroxylation sites is 1. The summed E-state index contributed by atoms with van der Waals surface area (Å²) in [5.41, 5.74) is 8.25. The van der Waals surface area contributed by atoms with E-state index in [1.807, 2.05) is 0 Å². The van der Waals surface area contributed by atoms with Crippen molar-refractivity contribution in [1.29, 1.82) is 0 Å². The minimum Gasteiger partial charge on any atom is -0.310 e. The van der Waals surface area contributed by atoms with Crippen molar-refractivity contribution >= 4 is 104 Å². The fraction of sp³-hybridized carbons (Fsp3) is 0.0690. The average molecular weight is 767 g/mol. The number of fused-ring (bicyclic) bond motifs is 15. The van der Waals surface area contributed by atoms with Crippen molar-refractivity contribution in [2.45, 2.75) is 26.2 Å². The second-order valence-electron chi connectivity index (χ2n) is 17.3. The van der Waals surface area contributed by atoms with Crippen molar-refractivity contribution < 1.29 is 0 Å². The SMILES string of the molecule is CC(C)(C)c1ccc(N(c2ccc3c4ccccc4n(-c4ccc5c6ccccc6c6ccccc6c5c4)c3c2)c2cccc3c4ccccc4c4ccccc4c23)cc1. The van der Waals surface area contributed by atoms with Gasteiger partial charge >= 0.3 is 0 Å². The first-order valence-corrected chi connectivity index (χ1v) is 21.0. The summed E-state index contributed by atoms with van der Waals surface area (Å²) in [5.74, 6) is 0. The molecule has 2 heteroatoms. The highest BCUT2D eigenvalue weighted by molar-refractivity contribution is 6.29. The van der Waals surface area contributed by atoms with Gasteiger partial charge in [-0.2, -0.15) is 0 Å².